The molecule has 0 fully saturated rings. The summed E-state index contributed by atoms with van der Waals surface area (Å²) in [5.74, 6) is 0.572. The van der Waals surface area contributed by atoms with Crippen molar-refractivity contribution in [1.82, 2.24) is 0 Å². The molecule has 1 aromatic carbocycles. The lowest BCUT2D eigenvalue weighted by Gasteiger charge is -1.98. The summed E-state index contributed by atoms with van der Waals surface area (Å²) >= 11 is 0. The first-order chi connectivity index (χ1) is 5.81. The van der Waals surface area contributed by atoms with Crippen molar-refractivity contribution in [3.8, 4) is 0 Å². The maximum Gasteiger partial charge on any atom is 0.150 e. The molecule has 0 unspecified atom stereocenters. The molecule has 1 aliphatic heterocycles. The average Bonchev–Trinajstić information content (AvgIpc) is 2.47. The Kier molecular flexibility index (Phi) is 1.43. The molecule has 1 aliphatic rings. The molecule has 0 spiro atoms. The molecule has 0 aliphatic carbocycles. The molecule has 0 aromatic heterocycles. The number of aldehydes is 1. The molecule has 0 bridgehead atoms. The zero-order chi connectivity index (χ0) is 8.55. The van der Waals surface area contributed by atoms with E-state index in [0.717, 1.165) is 17.4 Å². The summed E-state index contributed by atoms with van der Waals surface area (Å²) in [6, 6.07) is 5.41. The van der Waals surface area contributed by atoms with Crippen LogP contribution >= 0.6 is 0 Å². The Balaban J connectivity index is 2.53. The molecular formula is C9H8N2O. The van der Waals surface area contributed by atoms with Crippen molar-refractivity contribution < 1.29 is 4.79 Å². The van der Waals surface area contributed by atoms with Gasteiger partial charge in [0.25, 0.3) is 0 Å². The highest BCUT2D eigenvalue weighted by atomic mass is 16.1. The number of nitrogens with zero attached hydrogens (tertiary/aromatic N) is 1. The van der Waals surface area contributed by atoms with E-state index in [-0.39, 0.29) is 0 Å². The molecule has 0 saturated carbocycles. The number of fused-ring (bicyclic) bond motifs is 1. The van der Waals surface area contributed by atoms with Crippen LogP contribution in [0.15, 0.2) is 23.2 Å². The fourth-order valence-corrected chi connectivity index (χ4v) is 1.32. The minimum Gasteiger partial charge on any atom is -0.383 e. The Morgan fingerprint density at radius 3 is 3.08 bits per heavy atom. The van der Waals surface area contributed by atoms with Crippen molar-refractivity contribution in [2.75, 3.05) is 0 Å². The second-order valence-corrected chi connectivity index (χ2v) is 2.74. The number of rotatable bonds is 1. The van der Waals surface area contributed by atoms with Gasteiger partial charge < -0.3 is 5.73 Å². The van der Waals surface area contributed by atoms with Crippen LogP contribution < -0.4 is 5.73 Å². The third kappa shape index (κ3) is 0.906. The van der Waals surface area contributed by atoms with Crippen LogP contribution in [0.1, 0.15) is 21.5 Å². The monoisotopic (exact) mass is 160 g/mol. The molecule has 0 amide bonds. The first-order valence-electron chi connectivity index (χ1n) is 3.69. The fourth-order valence-electron chi connectivity index (χ4n) is 1.32. The molecule has 1 aromatic rings. The highest BCUT2D eigenvalue weighted by Gasteiger charge is 2.12. The lowest BCUT2D eigenvalue weighted by Crippen LogP contribution is -2.10. The second-order valence-electron chi connectivity index (χ2n) is 2.74. The molecular weight excluding hydrogens is 152 g/mol. The molecule has 0 atom stereocenters. The van der Waals surface area contributed by atoms with Crippen LogP contribution in [0.2, 0.25) is 0 Å². The summed E-state index contributed by atoms with van der Waals surface area (Å²) < 4.78 is 0. The number of benzene rings is 1. The van der Waals surface area contributed by atoms with Gasteiger partial charge in [-0.2, -0.15) is 0 Å². The molecule has 12 heavy (non-hydrogen) atoms. The van der Waals surface area contributed by atoms with Crippen LogP contribution in [0.5, 0.6) is 0 Å². The van der Waals surface area contributed by atoms with Crippen molar-refractivity contribution in [3.63, 3.8) is 0 Å². The average molecular weight is 160 g/mol. The number of hydrogen-bond acceptors (Lipinski definition) is 3. The quantitative estimate of drug-likeness (QED) is 0.615. The van der Waals surface area contributed by atoms with Crippen LogP contribution in [-0.4, -0.2) is 12.1 Å². The number of hydrogen-bond donors (Lipinski definition) is 1. The highest BCUT2D eigenvalue weighted by molar-refractivity contribution is 6.01. The molecule has 3 nitrogen and oxygen atoms in total. The van der Waals surface area contributed by atoms with Crippen LogP contribution in [0.4, 0.5) is 0 Å². The van der Waals surface area contributed by atoms with E-state index in [0.29, 0.717) is 17.9 Å². The molecule has 0 radical (unpaired) electrons. The second kappa shape index (κ2) is 2.44. The zero-order valence-electron chi connectivity index (χ0n) is 6.45. The van der Waals surface area contributed by atoms with Gasteiger partial charge in [0, 0.05) is 11.1 Å². The Labute approximate surface area is 69.9 Å². The minimum atomic E-state index is 0.572. The van der Waals surface area contributed by atoms with E-state index in [4.69, 9.17) is 5.73 Å². The predicted molar refractivity (Wildman–Crippen MR) is 46.3 cm³/mol. The number of carbonyl (C=O) groups is 1. The summed E-state index contributed by atoms with van der Waals surface area (Å²) in [6.07, 6.45) is 0.828. The van der Waals surface area contributed by atoms with Crippen molar-refractivity contribution in [1.29, 1.82) is 0 Å². The van der Waals surface area contributed by atoms with Crippen LogP contribution in [-0.2, 0) is 6.54 Å². The van der Waals surface area contributed by atoms with Crippen molar-refractivity contribution in [3.05, 3.63) is 34.9 Å². The van der Waals surface area contributed by atoms with E-state index in [1.54, 1.807) is 6.07 Å². The van der Waals surface area contributed by atoms with Gasteiger partial charge in [-0.15, -0.1) is 0 Å². The SMILES string of the molecule is NC1=NCc2cc(C=O)ccc21. The normalized spacial score (nSPS) is 13.8. The van der Waals surface area contributed by atoms with Crippen molar-refractivity contribution >= 4 is 12.1 Å². The molecule has 60 valence electrons. The number of amidine groups is 1. The summed E-state index contributed by atoms with van der Waals surface area (Å²) in [7, 11) is 0. The molecule has 3 heteroatoms. The molecule has 2 N–H and O–H groups in total. The standard InChI is InChI=1S/C9H8N2O/c10-9-8-2-1-6(5-12)3-7(8)4-11-9/h1-3,5H,4H2,(H2,10,11). The minimum absolute atomic E-state index is 0.572. The molecule has 2 rings (SSSR count). The molecule has 1 heterocycles. The Morgan fingerprint density at radius 1 is 1.50 bits per heavy atom. The summed E-state index contributed by atoms with van der Waals surface area (Å²) in [6.45, 7) is 0.600. The van der Waals surface area contributed by atoms with Gasteiger partial charge in [-0.1, -0.05) is 12.1 Å². The summed E-state index contributed by atoms with van der Waals surface area (Å²) in [5, 5.41) is 0. The van der Waals surface area contributed by atoms with E-state index in [1.165, 1.54) is 0 Å². The zero-order valence-corrected chi connectivity index (χ0v) is 6.45. The first kappa shape index (κ1) is 7.03. The largest absolute Gasteiger partial charge is 0.383 e. The Morgan fingerprint density at radius 2 is 2.33 bits per heavy atom. The predicted octanol–water partition coefficient (Wildman–Crippen LogP) is 0.718. The van der Waals surface area contributed by atoms with Gasteiger partial charge in [-0.25, -0.2) is 0 Å². The van der Waals surface area contributed by atoms with Crippen molar-refractivity contribution in [2.45, 2.75) is 6.54 Å². The lowest BCUT2D eigenvalue weighted by atomic mass is 10.1. The third-order valence-corrected chi connectivity index (χ3v) is 1.96. The maximum atomic E-state index is 10.4. The van der Waals surface area contributed by atoms with E-state index >= 15 is 0 Å². The van der Waals surface area contributed by atoms with Gasteiger partial charge in [0.15, 0.2) is 0 Å². The number of carbonyl (C=O) groups excluding carboxylic acids is 1. The van der Waals surface area contributed by atoms with Crippen LogP contribution in [0.3, 0.4) is 0 Å². The van der Waals surface area contributed by atoms with Gasteiger partial charge >= 0.3 is 0 Å². The van der Waals surface area contributed by atoms with Crippen molar-refractivity contribution in [2.24, 2.45) is 10.7 Å². The Bertz CT molecular complexity index is 369. The van der Waals surface area contributed by atoms with E-state index in [1.807, 2.05) is 12.1 Å². The van der Waals surface area contributed by atoms with Gasteiger partial charge in [0.2, 0.25) is 0 Å². The van der Waals surface area contributed by atoms with E-state index < -0.39 is 0 Å². The lowest BCUT2D eigenvalue weighted by molar-refractivity contribution is 0.112. The highest BCUT2D eigenvalue weighted by Crippen LogP contribution is 2.17. The van der Waals surface area contributed by atoms with Gasteiger partial charge in [0.05, 0.1) is 6.54 Å². The third-order valence-electron chi connectivity index (χ3n) is 1.96. The number of nitrogens with two attached hydrogens (primary N) is 1. The van der Waals surface area contributed by atoms with E-state index in [2.05, 4.69) is 4.99 Å². The maximum absolute atomic E-state index is 10.4. The summed E-state index contributed by atoms with van der Waals surface area (Å²) in [5.41, 5.74) is 8.28. The topological polar surface area (TPSA) is 55.4 Å². The van der Waals surface area contributed by atoms with Gasteiger partial charge in [-0.05, 0) is 11.6 Å². The first-order valence-corrected chi connectivity index (χ1v) is 3.69. The molecule has 0 saturated heterocycles. The van der Waals surface area contributed by atoms with Gasteiger partial charge in [-0.3, -0.25) is 9.79 Å². The van der Waals surface area contributed by atoms with Crippen LogP contribution in [0, 0.1) is 0 Å². The van der Waals surface area contributed by atoms with Gasteiger partial charge in [0.1, 0.15) is 12.1 Å². The Hall–Kier alpha value is -1.64. The fraction of sp³-hybridized carbons (Fsp3) is 0.111. The number of aliphatic imine (C=N–C) groups is 1. The smallest absolute Gasteiger partial charge is 0.150 e. The van der Waals surface area contributed by atoms with E-state index in [9.17, 15) is 4.79 Å². The van der Waals surface area contributed by atoms with Crippen LogP contribution in [0.25, 0.3) is 0 Å². The summed E-state index contributed by atoms with van der Waals surface area (Å²) in [4.78, 5) is 14.5.